The molecule has 11 rings (SSSR count). The van der Waals surface area contributed by atoms with E-state index in [1.54, 1.807) is 0 Å². The number of rotatable bonds is 5. The molecule has 1 aliphatic rings. The lowest BCUT2D eigenvalue weighted by molar-refractivity contribution is 0.941. The van der Waals surface area contributed by atoms with Gasteiger partial charge in [-0.1, -0.05) is 146 Å². The lowest BCUT2D eigenvalue weighted by Crippen LogP contribution is -2.17. The van der Waals surface area contributed by atoms with Crippen molar-refractivity contribution in [2.75, 3.05) is 6.54 Å². The molecule has 0 fully saturated rings. The zero-order valence-electron chi connectivity index (χ0n) is 30.1. The van der Waals surface area contributed by atoms with Crippen molar-refractivity contribution in [2.45, 2.75) is 0 Å². The first-order valence-corrected chi connectivity index (χ1v) is 18.9. The lowest BCUT2D eigenvalue weighted by Gasteiger charge is -2.19. The Hall–Kier alpha value is -7.23. The van der Waals surface area contributed by atoms with Gasteiger partial charge in [0.2, 0.25) is 0 Å². The maximum Gasteiger partial charge on any atom is 0.161 e. The van der Waals surface area contributed by atoms with Gasteiger partial charge in [0, 0.05) is 12.2 Å². The average Bonchev–Trinajstić information content (AvgIpc) is 3.65. The van der Waals surface area contributed by atoms with Gasteiger partial charge in [-0.15, -0.1) is 0 Å². The number of allylic oxidation sites excluding steroid dienone is 2. The minimum atomic E-state index is 0.779. The normalized spacial score (nSPS) is 12.8. The minimum absolute atomic E-state index is 0.779. The molecule has 1 aromatic heterocycles. The van der Waals surface area contributed by atoms with Gasteiger partial charge >= 0.3 is 0 Å². The smallest absolute Gasteiger partial charge is 0.161 e. The number of fused-ring (bicyclic) bond motifs is 5. The highest BCUT2D eigenvalue weighted by atomic mass is 15.1. The number of nitrogens with one attached hydrogen (secondary N) is 1. The molecule has 0 saturated carbocycles. The van der Waals surface area contributed by atoms with Gasteiger partial charge in [-0.3, -0.25) is 4.57 Å². The van der Waals surface area contributed by atoms with Gasteiger partial charge in [0.05, 0.1) is 16.7 Å². The number of nitrogens with zero attached hydrogens (tertiary/aromatic N) is 2. The second kappa shape index (κ2) is 12.7. The molecule has 9 aromatic carbocycles. The summed E-state index contributed by atoms with van der Waals surface area (Å²) < 4.78 is 2.28. The SMILES string of the molecule is C1=CCNC(c2nc3ccccc3n2-c2cccc(-c3ccc4c(-c5ccc6ccccc6c5)c5ccccc5c(-c5ccc6ccccc6c5)c4c3)c2)=C1. The Morgan fingerprint density at radius 3 is 1.76 bits per heavy atom. The van der Waals surface area contributed by atoms with E-state index in [1.165, 1.54) is 70.9 Å². The predicted octanol–water partition coefficient (Wildman–Crippen LogP) is 13.1. The van der Waals surface area contributed by atoms with Crippen molar-refractivity contribution < 1.29 is 0 Å². The summed E-state index contributed by atoms with van der Waals surface area (Å²) in [6.07, 6.45) is 6.34. The van der Waals surface area contributed by atoms with Crippen LogP contribution in [0, 0.1) is 0 Å². The van der Waals surface area contributed by atoms with E-state index in [2.05, 4.69) is 204 Å². The van der Waals surface area contributed by atoms with Gasteiger partial charge in [-0.2, -0.15) is 0 Å². The van der Waals surface area contributed by atoms with Crippen LogP contribution < -0.4 is 5.32 Å². The van der Waals surface area contributed by atoms with Gasteiger partial charge in [0.15, 0.2) is 5.82 Å². The van der Waals surface area contributed by atoms with Crippen LogP contribution in [0.5, 0.6) is 0 Å². The first kappa shape index (κ1) is 31.3. The molecule has 1 aliphatic heterocycles. The molecule has 3 heteroatoms. The molecule has 0 saturated heterocycles. The zero-order valence-corrected chi connectivity index (χ0v) is 30.1. The fraction of sp³-hybridized carbons (Fsp3) is 0.0192. The van der Waals surface area contributed by atoms with Crippen molar-refractivity contribution in [2.24, 2.45) is 0 Å². The molecule has 0 amide bonds. The summed E-state index contributed by atoms with van der Waals surface area (Å²) in [5.41, 5.74) is 11.4. The van der Waals surface area contributed by atoms with E-state index in [0.717, 1.165) is 40.4 Å². The number of hydrogen-bond acceptors (Lipinski definition) is 2. The van der Waals surface area contributed by atoms with Gasteiger partial charge in [-0.25, -0.2) is 4.98 Å². The molecule has 258 valence electrons. The van der Waals surface area contributed by atoms with Crippen LogP contribution in [0.3, 0.4) is 0 Å². The second-order valence-corrected chi connectivity index (χ2v) is 14.4. The summed E-state index contributed by atoms with van der Waals surface area (Å²) in [5.74, 6) is 0.909. The number of imidazole rings is 1. The summed E-state index contributed by atoms with van der Waals surface area (Å²) >= 11 is 0. The number of dihydropyridines is 1. The Balaban J connectivity index is 1.17. The number of benzene rings is 9. The van der Waals surface area contributed by atoms with Crippen molar-refractivity contribution in [3.63, 3.8) is 0 Å². The Kier molecular flexibility index (Phi) is 7.24. The summed E-state index contributed by atoms with van der Waals surface area (Å²) in [4.78, 5) is 5.11. The third-order valence-corrected chi connectivity index (χ3v) is 11.1. The molecule has 0 aliphatic carbocycles. The van der Waals surface area contributed by atoms with E-state index >= 15 is 0 Å². The summed E-state index contributed by atoms with van der Waals surface area (Å²) in [5, 5.41) is 13.5. The number of hydrogen-bond donors (Lipinski definition) is 1. The maximum absolute atomic E-state index is 5.11. The highest BCUT2D eigenvalue weighted by molar-refractivity contribution is 6.22. The van der Waals surface area contributed by atoms with Crippen LogP contribution in [-0.2, 0) is 0 Å². The van der Waals surface area contributed by atoms with Crippen LogP contribution in [0.25, 0.3) is 98.9 Å². The van der Waals surface area contributed by atoms with E-state index in [9.17, 15) is 0 Å². The van der Waals surface area contributed by atoms with Crippen molar-refractivity contribution in [3.05, 3.63) is 200 Å². The molecule has 0 unspecified atom stereocenters. The Morgan fingerprint density at radius 1 is 0.455 bits per heavy atom. The minimum Gasteiger partial charge on any atom is -0.379 e. The topological polar surface area (TPSA) is 29.9 Å². The Labute approximate surface area is 319 Å². The summed E-state index contributed by atoms with van der Waals surface area (Å²) in [6, 6.07) is 64.4. The standard InChI is InChI=1S/C52H35N3/c1-3-14-36-30-40(25-23-34(36)12-1)50-43-18-5-6-19-44(43)51(41-26-24-35-13-2-4-15-37(35)31-41)46-33-39(27-28-45(46)50)38-16-11-17-42(32-38)55-49-22-8-7-20-47(49)54-52(55)48-21-9-10-29-53-48/h1-28,30-33,53H,29H2. The molecule has 3 nitrogen and oxygen atoms in total. The zero-order chi connectivity index (χ0) is 36.3. The first-order chi connectivity index (χ1) is 27.3. The van der Waals surface area contributed by atoms with Crippen molar-refractivity contribution in [1.29, 1.82) is 0 Å². The quantitative estimate of drug-likeness (QED) is 0.181. The van der Waals surface area contributed by atoms with E-state index in [0.29, 0.717) is 0 Å². The monoisotopic (exact) mass is 701 g/mol. The highest BCUT2D eigenvalue weighted by Crippen LogP contribution is 2.46. The lowest BCUT2D eigenvalue weighted by atomic mass is 9.84. The van der Waals surface area contributed by atoms with Gasteiger partial charge < -0.3 is 5.32 Å². The van der Waals surface area contributed by atoms with Crippen LogP contribution >= 0.6 is 0 Å². The molecule has 10 aromatic rings. The average molecular weight is 702 g/mol. The number of para-hydroxylation sites is 2. The molecule has 2 heterocycles. The Bertz CT molecular complexity index is 3220. The van der Waals surface area contributed by atoms with Crippen LogP contribution in [-0.4, -0.2) is 16.1 Å². The highest BCUT2D eigenvalue weighted by Gasteiger charge is 2.20. The third kappa shape index (κ3) is 5.24. The van der Waals surface area contributed by atoms with E-state index in [-0.39, 0.29) is 0 Å². The predicted molar refractivity (Wildman–Crippen MR) is 233 cm³/mol. The van der Waals surface area contributed by atoms with Crippen LogP contribution in [0.15, 0.2) is 194 Å². The van der Waals surface area contributed by atoms with Crippen LogP contribution in [0.1, 0.15) is 5.82 Å². The van der Waals surface area contributed by atoms with Crippen LogP contribution in [0.2, 0.25) is 0 Å². The Morgan fingerprint density at radius 2 is 1.05 bits per heavy atom. The molecule has 0 radical (unpaired) electrons. The van der Waals surface area contributed by atoms with E-state index in [4.69, 9.17) is 4.98 Å². The number of aromatic nitrogens is 2. The maximum atomic E-state index is 5.11. The third-order valence-electron chi connectivity index (χ3n) is 11.1. The molecule has 0 atom stereocenters. The molecule has 1 N–H and O–H groups in total. The molecule has 55 heavy (non-hydrogen) atoms. The van der Waals surface area contributed by atoms with Crippen molar-refractivity contribution >= 4 is 59.8 Å². The van der Waals surface area contributed by atoms with Gasteiger partial charge in [0.1, 0.15) is 0 Å². The molecular formula is C52H35N3. The van der Waals surface area contributed by atoms with Crippen molar-refractivity contribution in [1.82, 2.24) is 14.9 Å². The molecular weight excluding hydrogens is 667 g/mol. The van der Waals surface area contributed by atoms with Crippen molar-refractivity contribution in [3.8, 4) is 39.1 Å². The first-order valence-electron chi connectivity index (χ1n) is 18.9. The van der Waals surface area contributed by atoms with E-state index < -0.39 is 0 Å². The van der Waals surface area contributed by atoms with Gasteiger partial charge in [-0.05, 0) is 125 Å². The molecule has 0 spiro atoms. The second-order valence-electron chi connectivity index (χ2n) is 14.4. The fourth-order valence-electron chi connectivity index (χ4n) is 8.58. The summed E-state index contributed by atoms with van der Waals surface area (Å²) in [7, 11) is 0. The largest absolute Gasteiger partial charge is 0.379 e. The fourth-order valence-corrected chi connectivity index (χ4v) is 8.58. The summed E-state index contributed by atoms with van der Waals surface area (Å²) in [6.45, 7) is 0.779. The van der Waals surface area contributed by atoms with E-state index in [1.807, 2.05) is 0 Å². The van der Waals surface area contributed by atoms with Crippen LogP contribution in [0.4, 0.5) is 0 Å². The van der Waals surface area contributed by atoms with Gasteiger partial charge in [0.25, 0.3) is 0 Å². The molecule has 0 bridgehead atoms.